The molecule has 0 saturated heterocycles. The van der Waals surface area contributed by atoms with Crippen LogP contribution in [0.3, 0.4) is 0 Å². The SMILES string of the molecule is C=C(c1ccccc1)C12CCC(O)C1CC(CCCCCCCCCC)=C2c1ccccc1. The van der Waals surface area contributed by atoms with E-state index < -0.39 is 0 Å². The molecule has 1 fully saturated rings. The Morgan fingerprint density at radius 1 is 0.879 bits per heavy atom. The summed E-state index contributed by atoms with van der Waals surface area (Å²) in [6, 6.07) is 21.7. The number of hydrogen-bond acceptors (Lipinski definition) is 1. The van der Waals surface area contributed by atoms with E-state index in [9.17, 15) is 5.11 Å². The minimum absolute atomic E-state index is 0.141. The lowest BCUT2D eigenvalue weighted by Gasteiger charge is -2.37. The Labute approximate surface area is 201 Å². The highest BCUT2D eigenvalue weighted by atomic mass is 16.3. The van der Waals surface area contributed by atoms with Crippen LogP contribution >= 0.6 is 0 Å². The summed E-state index contributed by atoms with van der Waals surface area (Å²) in [6.07, 6.45) is 14.6. The molecule has 0 aliphatic heterocycles. The maximum atomic E-state index is 11.1. The normalized spacial score (nSPS) is 24.3. The van der Waals surface area contributed by atoms with Crippen molar-refractivity contribution in [2.75, 3.05) is 0 Å². The minimum Gasteiger partial charge on any atom is -0.393 e. The maximum absolute atomic E-state index is 11.1. The van der Waals surface area contributed by atoms with Crippen LogP contribution in [-0.2, 0) is 0 Å². The lowest BCUT2D eigenvalue weighted by Crippen LogP contribution is -2.29. The molecule has 0 radical (unpaired) electrons. The Balaban J connectivity index is 1.58. The zero-order valence-electron chi connectivity index (χ0n) is 20.6. The van der Waals surface area contributed by atoms with Gasteiger partial charge in [0.1, 0.15) is 0 Å². The number of unbranched alkanes of at least 4 members (excludes halogenated alkanes) is 7. The molecule has 1 heteroatoms. The highest BCUT2D eigenvalue weighted by molar-refractivity contribution is 5.90. The second-order valence-electron chi connectivity index (χ2n) is 10.3. The van der Waals surface area contributed by atoms with Crippen molar-refractivity contribution in [2.24, 2.45) is 11.3 Å². The molecule has 0 heterocycles. The molecule has 0 amide bonds. The van der Waals surface area contributed by atoms with Gasteiger partial charge in [-0.05, 0) is 54.4 Å². The van der Waals surface area contributed by atoms with Gasteiger partial charge in [0, 0.05) is 11.3 Å². The summed E-state index contributed by atoms with van der Waals surface area (Å²) in [4.78, 5) is 0. The van der Waals surface area contributed by atoms with E-state index in [2.05, 4.69) is 74.2 Å². The van der Waals surface area contributed by atoms with Gasteiger partial charge in [-0.3, -0.25) is 0 Å². The fourth-order valence-electron chi connectivity index (χ4n) is 6.58. The highest BCUT2D eigenvalue weighted by Gasteiger charge is 2.56. The first-order valence-corrected chi connectivity index (χ1v) is 13.4. The Hall–Kier alpha value is -2.12. The van der Waals surface area contributed by atoms with E-state index in [1.54, 1.807) is 5.57 Å². The van der Waals surface area contributed by atoms with Crippen LogP contribution in [-0.4, -0.2) is 11.2 Å². The quantitative estimate of drug-likeness (QED) is 0.325. The van der Waals surface area contributed by atoms with Crippen LogP contribution in [0.2, 0.25) is 0 Å². The van der Waals surface area contributed by atoms with E-state index in [4.69, 9.17) is 0 Å². The first-order valence-electron chi connectivity index (χ1n) is 13.4. The topological polar surface area (TPSA) is 20.2 Å². The molecule has 33 heavy (non-hydrogen) atoms. The number of hydrogen-bond donors (Lipinski definition) is 1. The van der Waals surface area contributed by atoms with Crippen molar-refractivity contribution in [2.45, 2.75) is 90.1 Å². The Morgan fingerprint density at radius 2 is 1.48 bits per heavy atom. The largest absolute Gasteiger partial charge is 0.393 e. The molecule has 2 aliphatic carbocycles. The van der Waals surface area contributed by atoms with E-state index in [1.807, 2.05) is 0 Å². The van der Waals surface area contributed by atoms with Crippen molar-refractivity contribution in [1.29, 1.82) is 0 Å². The van der Waals surface area contributed by atoms with Crippen LogP contribution in [0.1, 0.15) is 95.1 Å². The highest BCUT2D eigenvalue weighted by Crippen LogP contribution is 2.66. The third-order valence-electron chi connectivity index (χ3n) is 8.25. The predicted molar refractivity (Wildman–Crippen MR) is 142 cm³/mol. The molecule has 0 aromatic heterocycles. The minimum atomic E-state index is -0.236. The molecule has 176 valence electrons. The van der Waals surface area contributed by atoms with E-state index in [1.165, 1.54) is 73.6 Å². The number of allylic oxidation sites excluding steroid dienone is 3. The fraction of sp³-hybridized carbons (Fsp3) is 0.500. The van der Waals surface area contributed by atoms with Gasteiger partial charge in [0.15, 0.2) is 0 Å². The van der Waals surface area contributed by atoms with Crippen molar-refractivity contribution in [3.63, 3.8) is 0 Å². The van der Waals surface area contributed by atoms with Crippen LogP contribution < -0.4 is 0 Å². The molecular weight excluding hydrogens is 400 g/mol. The van der Waals surface area contributed by atoms with Gasteiger partial charge >= 0.3 is 0 Å². The molecule has 2 aromatic rings. The molecule has 2 aromatic carbocycles. The Kier molecular flexibility index (Phi) is 8.25. The van der Waals surface area contributed by atoms with Crippen LogP contribution in [0.15, 0.2) is 72.8 Å². The summed E-state index contributed by atoms with van der Waals surface area (Å²) >= 11 is 0. The summed E-state index contributed by atoms with van der Waals surface area (Å²) < 4.78 is 0. The number of benzene rings is 2. The van der Waals surface area contributed by atoms with Crippen molar-refractivity contribution < 1.29 is 5.11 Å². The Morgan fingerprint density at radius 3 is 2.15 bits per heavy atom. The van der Waals surface area contributed by atoms with Gasteiger partial charge in [-0.15, -0.1) is 0 Å². The summed E-state index contributed by atoms with van der Waals surface area (Å²) in [5.41, 5.74) is 6.68. The van der Waals surface area contributed by atoms with Crippen LogP contribution in [0.25, 0.3) is 11.1 Å². The van der Waals surface area contributed by atoms with Gasteiger partial charge in [0.05, 0.1) is 6.10 Å². The number of fused-ring (bicyclic) bond motifs is 1. The first kappa shape index (κ1) is 24.0. The fourth-order valence-corrected chi connectivity index (χ4v) is 6.58. The third-order valence-corrected chi connectivity index (χ3v) is 8.25. The monoisotopic (exact) mass is 442 g/mol. The van der Waals surface area contributed by atoms with E-state index in [0.717, 1.165) is 25.7 Å². The van der Waals surface area contributed by atoms with Crippen molar-refractivity contribution >= 4 is 11.1 Å². The number of rotatable bonds is 12. The molecule has 0 bridgehead atoms. The molecule has 1 nitrogen and oxygen atoms in total. The van der Waals surface area contributed by atoms with E-state index in [0.29, 0.717) is 0 Å². The number of aliphatic hydroxyl groups is 1. The zero-order chi connectivity index (χ0) is 23.1. The van der Waals surface area contributed by atoms with Crippen molar-refractivity contribution in [3.05, 3.63) is 83.9 Å². The van der Waals surface area contributed by atoms with Gasteiger partial charge in [0.25, 0.3) is 0 Å². The molecule has 3 unspecified atom stereocenters. The molecule has 3 atom stereocenters. The number of aliphatic hydroxyl groups excluding tert-OH is 1. The summed E-state index contributed by atoms with van der Waals surface area (Å²) in [6.45, 7) is 6.97. The van der Waals surface area contributed by atoms with E-state index >= 15 is 0 Å². The zero-order valence-corrected chi connectivity index (χ0v) is 20.6. The second-order valence-corrected chi connectivity index (χ2v) is 10.3. The Bertz CT molecular complexity index is 925. The van der Waals surface area contributed by atoms with E-state index in [-0.39, 0.29) is 17.4 Å². The molecule has 2 aliphatic rings. The van der Waals surface area contributed by atoms with Crippen molar-refractivity contribution in [3.8, 4) is 0 Å². The lowest BCUT2D eigenvalue weighted by molar-refractivity contribution is 0.120. The van der Waals surface area contributed by atoms with Gasteiger partial charge in [-0.2, -0.15) is 0 Å². The van der Waals surface area contributed by atoms with Gasteiger partial charge in [0.2, 0.25) is 0 Å². The average Bonchev–Trinajstić information content (AvgIpc) is 3.36. The van der Waals surface area contributed by atoms with Crippen molar-refractivity contribution in [1.82, 2.24) is 0 Å². The summed E-state index contributed by atoms with van der Waals surface area (Å²) in [7, 11) is 0. The third kappa shape index (κ3) is 5.04. The molecule has 4 rings (SSSR count). The lowest BCUT2D eigenvalue weighted by atomic mass is 9.66. The molecule has 0 spiro atoms. The van der Waals surface area contributed by atoms with Crippen LogP contribution in [0, 0.1) is 11.3 Å². The molecule has 1 N–H and O–H groups in total. The first-order chi connectivity index (χ1) is 16.2. The predicted octanol–water partition coefficient (Wildman–Crippen LogP) is 8.85. The molecular formula is C32H42O. The smallest absolute Gasteiger partial charge is 0.0583 e. The van der Waals surface area contributed by atoms with Gasteiger partial charge in [-0.1, -0.05) is 125 Å². The van der Waals surface area contributed by atoms with Gasteiger partial charge in [-0.25, -0.2) is 0 Å². The van der Waals surface area contributed by atoms with Gasteiger partial charge < -0.3 is 5.11 Å². The maximum Gasteiger partial charge on any atom is 0.0583 e. The second kappa shape index (κ2) is 11.3. The summed E-state index contributed by atoms with van der Waals surface area (Å²) in [5, 5.41) is 11.1. The average molecular weight is 443 g/mol. The standard InChI is InChI=1S/C32H42O/c1-3-4-5-6-7-8-9-12-21-28-24-29-30(33)22-23-32(29,25(2)26-17-13-10-14-18-26)31(28)27-19-15-11-16-20-27/h10-11,13-20,29-30,33H,2-9,12,21-24H2,1H3. The molecule has 1 saturated carbocycles. The van der Waals surface area contributed by atoms with Crippen LogP contribution in [0.4, 0.5) is 0 Å². The van der Waals surface area contributed by atoms with Crippen LogP contribution in [0.5, 0.6) is 0 Å². The summed E-state index contributed by atoms with van der Waals surface area (Å²) in [5.74, 6) is 0.254.